The number of aryl methyl sites for hydroxylation is 1. The first-order chi connectivity index (χ1) is 15.1. The van der Waals surface area contributed by atoms with Crippen molar-refractivity contribution in [3.8, 4) is 0 Å². The van der Waals surface area contributed by atoms with Gasteiger partial charge in [-0.2, -0.15) is 4.98 Å². The number of amides is 1. The molecule has 1 heterocycles. The van der Waals surface area contributed by atoms with Crippen LogP contribution in [0.4, 0.5) is 5.69 Å². The van der Waals surface area contributed by atoms with Gasteiger partial charge >= 0.3 is 0 Å². The summed E-state index contributed by atoms with van der Waals surface area (Å²) in [6.07, 6.45) is 1.37. The van der Waals surface area contributed by atoms with Gasteiger partial charge in [0, 0.05) is 38.5 Å². The van der Waals surface area contributed by atoms with Crippen LogP contribution in [0.3, 0.4) is 0 Å². The van der Waals surface area contributed by atoms with Crippen LogP contribution in [-0.2, 0) is 27.7 Å². The van der Waals surface area contributed by atoms with Crippen molar-refractivity contribution in [3.05, 3.63) is 71.4 Å². The Labute approximate surface area is 188 Å². The van der Waals surface area contributed by atoms with Crippen molar-refractivity contribution in [3.63, 3.8) is 0 Å². The number of benzene rings is 2. The van der Waals surface area contributed by atoms with Gasteiger partial charge < -0.3 is 9.84 Å². The number of carbonyl (C=O) groups excluding carboxylic acids is 1. The molecule has 0 spiro atoms. The number of rotatable bonds is 9. The molecule has 0 unspecified atom stereocenters. The van der Waals surface area contributed by atoms with E-state index in [1.807, 2.05) is 38.1 Å². The Hall–Kier alpha value is -3.04. The number of hydrogen-bond donors (Lipinski definition) is 1. The zero-order chi connectivity index (χ0) is 23.3. The molecule has 9 heteroatoms. The molecule has 1 amide bonds. The fraction of sp³-hybridized carbons (Fsp3) is 0.348. The fourth-order valence-corrected chi connectivity index (χ4v) is 3.88. The van der Waals surface area contributed by atoms with E-state index in [-0.39, 0.29) is 16.7 Å². The van der Waals surface area contributed by atoms with E-state index in [1.54, 1.807) is 24.3 Å². The fourth-order valence-electron chi connectivity index (χ4n) is 2.98. The minimum atomic E-state index is -3.45. The maximum atomic E-state index is 12.3. The summed E-state index contributed by atoms with van der Waals surface area (Å²) in [7, 11) is -0.463. The van der Waals surface area contributed by atoms with Crippen LogP contribution in [-0.4, -0.2) is 42.9 Å². The lowest BCUT2D eigenvalue weighted by molar-refractivity contribution is -0.116. The smallest absolute Gasteiger partial charge is 0.242 e. The Morgan fingerprint density at radius 2 is 1.66 bits per heavy atom. The van der Waals surface area contributed by atoms with Gasteiger partial charge in [0.1, 0.15) is 0 Å². The normalized spacial score (nSPS) is 11.8. The van der Waals surface area contributed by atoms with Gasteiger partial charge in [0.15, 0.2) is 5.82 Å². The molecule has 8 nitrogen and oxygen atoms in total. The van der Waals surface area contributed by atoms with Crippen molar-refractivity contribution < 1.29 is 17.7 Å². The molecule has 1 N–H and O–H groups in total. The molecule has 3 aromatic rings. The van der Waals surface area contributed by atoms with Crippen molar-refractivity contribution in [2.75, 3.05) is 19.4 Å². The summed E-state index contributed by atoms with van der Waals surface area (Å²) in [4.78, 5) is 16.9. The topological polar surface area (TPSA) is 105 Å². The van der Waals surface area contributed by atoms with E-state index < -0.39 is 10.0 Å². The third-order valence-electron chi connectivity index (χ3n) is 4.92. The Bertz CT molecular complexity index is 1150. The van der Waals surface area contributed by atoms with Crippen molar-refractivity contribution in [2.24, 2.45) is 0 Å². The van der Waals surface area contributed by atoms with Crippen molar-refractivity contribution in [2.45, 2.75) is 43.9 Å². The molecule has 0 radical (unpaired) electrons. The lowest BCUT2D eigenvalue weighted by atomic mass is 10.1. The highest BCUT2D eigenvalue weighted by molar-refractivity contribution is 7.89. The van der Waals surface area contributed by atoms with Crippen LogP contribution in [0, 0.1) is 0 Å². The number of nitrogens with one attached hydrogen (secondary N) is 1. The molecule has 170 valence electrons. The maximum absolute atomic E-state index is 12.3. The van der Waals surface area contributed by atoms with Crippen molar-refractivity contribution in [1.82, 2.24) is 14.4 Å². The van der Waals surface area contributed by atoms with Gasteiger partial charge in [-0.05, 0) is 41.8 Å². The van der Waals surface area contributed by atoms with E-state index in [9.17, 15) is 13.2 Å². The number of anilines is 1. The predicted molar refractivity (Wildman–Crippen MR) is 122 cm³/mol. The third kappa shape index (κ3) is 6.02. The van der Waals surface area contributed by atoms with E-state index >= 15 is 0 Å². The van der Waals surface area contributed by atoms with Gasteiger partial charge in [-0.3, -0.25) is 4.79 Å². The monoisotopic (exact) mass is 456 g/mol. The molecule has 0 bridgehead atoms. The van der Waals surface area contributed by atoms with Gasteiger partial charge in [-0.1, -0.05) is 43.3 Å². The van der Waals surface area contributed by atoms with E-state index in [2.05, 4.69) is 15.5 Å². The van der Waals surface area contributed by atoms with E-state index in [0.717, 1.165) is 11.1 Å². The zero-order valence-electron chi connectivity index (χ0n) is 18.7. The first kappa shape index (κ1) is 23.6. The zero-order valence-corrected chi connectivity index (χ0v) is 19.5. The summed E-state index contributed by atoms with van der Waals surface area (Å²) < 4.78 is 30.6. The average molecular weight is 457 g/mol. The second kappa shape index (κ2) is 10.1. The van der Waals surface area contributed by atoms with Crippen LogP contribution in [0.1, 0.15) is 49.0 Å². The number of sulfonamides is 1. The van der Waals surface area contributed by atoms with Gasteiger partial charge in [-0.15, -0.1) is 0 Å². The molecule has 3 rings (SSSR count). The van der Waals surface area contributed by atoms with E-state index in [0.29, 0.717) is 36.7 Å². The summed E-state index contributed by atoms with van der Waals surface area (Å²) in [6.45, 7) is 4.00. The molecular formula is C23H28N4O4S. The maximum Gasteiger partial charge on any atom is 0.242 e. The SMILES string of the molecule is CC(C)c1nc(Cc2ccc(NC(=O)CCc3ccc(S(=O)(=O)N(C)C)cc3)cc2)no1. The standard InChI is InChI=1S/C23H28N4O4S/c1-16(2)23-25-21(26-31-23)15-18-5-10-19(11-6-18)24-22(28)14-9-17-7-12-20(13-8-17)32(29,30)27(3)4/h5-8,10-13,16H,9,14-15H2,1-4H3,(H,24,28). The van der Waals surface area contributed by atoms with Crippen molar-refractivity contribution >= 4 is 21.6 Å². The molecule has 0 fully saturated rings. The molecule has 1 aromatic heterocycles. The molecule has 0 aliphatic heterocycles. The highest BCUT2D eigenvalue weighted by Gasteiger charge is 2.16. The number of nitrogens with zero attached hydrogens (tertiary/aromatic N) is 3. The van der Waals surface area contributed by atoms with E-state index in [4.69, 9.17) is 4.52 Å². The average Bonchev–Trinajstić information content (AvgIpc) is 3.23. The Balaban J connectivity index is 1.50. The second-order valence-electron chi connectivity index (χ2n) is 8.06. The van der Waals surface area contributed by atoms with Gasteiger partial charge in [0.25, 0.3) is 0 Å². The summed E-state index contributed by atoms with van der Waals surface area (Å²) in [5.41, 5.74) is 2.63. The molecule has 0 aliphatic carbocycles. The third-order valence-corrected chi connectivity index (χ3v) is 6.75. The minimum absolute atomic E-state index is 0.109. The first-order valence-corrected chi connectivity index (χ1v) is 11.8. The lowest BCUT2D eigenvalue weighted by Crippen LogP contribution is -2.22. The molecule has 0 saturated carbocycles. The van der Waals surface area contributed by atoms with Gasteiger partial charge in [0.2, 0.25) is 21.8 Å². The Morgan fingerprint density at radius 3 is 2.22 bits per heavy atom. The molecule has 0 atom stereocenters. The Morgan fingerprint density at radius 1 is 1.03 bits per heavy atom. The van der Waals surface area contributed by atoms with Gasteiger partial charge in [-0.25, -0.2) is 12.7 Å². The van der Waals surface area contributed by atoms with Crippen LogP contribution >= 0.6 is 0 Å². The molecule has 32 heavy (non-hydrogen) atoms. The molecule has 0 saturated heterocycles. The minimum Gasteiger partial charge on any atom is -0.339 e. The molecule has 2 aromatic carbocycles. The second-order valence-corrected chi connectivity index (χ2v) is 10.2. The van der Waals surface area contributed by atoms with Crippen LogP contribution in [0.15, 0.2) is 57.9 Å². The van der Waals surface area contributed by atoms with E-state index in [1.165, 1.54) is 18.4 Å². The van der Waals surface area contributed by atoms with Crippen LogP contribution in [0.25, 0.3) is 0 Å². The van der Waals surface area contributed by atoms with Gasteiger partial charge in [0.05, 0.1) is 4.90 Å². The van der Waals surface area contributed by atoms with Crippen molar-refractivity contribution in [1.29, 1.82) is 0 Å². The van der Waals surface area contributed by atoms with Crippen LogP contribution < -0.4 is 5.32 Å². The largest absolute Gasteiger partial charge is 0.339 e. The quantitative estimate of drug-likeness (QED) is 0.527. The highest BCUT2D eigenvalue weighted by Crippen LogP contribution is 2.17. The number of carbonyl (C=O) groups is 1. The molecular weight excluding hydrogens is 428 g/mol. The van der Waals surface area contributed by atoms with Crippen LogP contribution in [0.2, 0.25) is 0 Å². The summed E-state index contributed by atoms with van der Waals surface area (Å²) in [5, 5.41) is 6.87. The first-order valence-electron chi connectivity index (χ1n) is 10.4. The highest BCUT2D eigenvalue weighted by atomic mass is 32.2. The Kier molecular flexibility index (Phi) is 7.42. The number of aromatic nitrogens is 2. The lowest BCUT2D eigenvalue weighted by Gasteiger charge is -2.11. The predicted octanol–water partition coefficient (Wildman–Crippen LogP) is 3.61. The summed E-state index contributed by atoms with van der Waals surface area (Å²) in [6, 6.07) is 14.1. The summed E-state index contributed by atoms with van der Waals surface area (Å²) in [5.74, 6) is 1.34. The number of hydrogen-bond acceptors (Lipinski definition) is 6. The van der Waals surface area contributed by atoms with Crippen LogP contribution in [0.5, 0.6) is 0 Å². The molecule has 0 aliphatic rings. The summed E-state index contributed by atoms with van der Waals surface area (Å²) >= 11 is 0.